The van der Waals surface area contributed by atoms with Crippen LogP contribution in [0.4, 0.5) is 5.69 Å². The minimum absolute atomic E-state index is 0.121. The first-order valence-corrected chi connectivity index (χ1v) is 5.83. The van der Waals surface area contributed by atoms with Crippen molar-refractivity contribution >= 4 is 5.69 Å². The molecular formula is C13H17N3. The van der Waals surface area contributed by atoms with E-state index in [1.54, 1.807) is 0 Å². The molecule has 1 aliphatic heterocycles. The maximum Gasteiger partial charge on any atom is 0.0991 e. The molecule has 0 aromatic heterocycles. The van der Waals surface area contributed by atoms with Gasteiger partial charge in [0.1, 0.15) is 0 Å². The zero-order chi connectivity index (χ0) is 11.4. The fourth-order valence-electron chi connectivity index (χ4n) is 2.18. The third-order valence-electron chi connectivity index (χ3n) is 3.13. The van der Waals surface area contributed by atoms with Gasteiger partial charge in [0.2, 0.25) is 0 Å². The van der Waals surface area contributed by atoms with E-state index in [0.717, 1.165) is 18.7 Å². The molecule has 3 nitrogen and oxygen atoms in total. The van der Waals surface area contributed by atoms with E-state index >= 15 is 0 Å². The molecule has 0 aliphatic carbocycles. The molecule has 1 atom stereocenters. The molecule has 0 saturated carbocycles. The van der Waals surface area contributed by atoms with Gasteiger partial charge in [0.05, 0.1) is 17.8 Å². The van der Waals surface area contributed by atoms with E-state index in [0.29, 0.717) is 5.56 Å². The molecule has 0 unspecified atom stereocenters. The second-order valence-corrected chi connectivity index (χ2v) is 4.27. The van der Waals surface area contributed by atoms with Crippen LogP contribution in [0, 0.1) is 11.3 Å². The van der Waals surface area contributed by atoms with Gasteiger partial charge in [-0.2, -0.15) is 5.26 Å². The largest absolute Gasteiger partial charge is 0.356 e. The second-order valence-electron chi connectivity index (χ2n) is 4.27. The lowest BCUT2D eigenvalue weighted by molar-refractivity contribution is 0.592. The topological polar surface area (TPSA) is 53.0 Å². The standard InChI is InChI=1S/C13H17N3/c14-10-11-5-7-12(8-6-11)16-9-3-1-2-4-13(16)15/h5-8,13H,1-4,9,15H2/t13-/m0/s1. The third kappa shape index (κ3) is 2.34. The Morgan fingerprint density at radius 3 is 2.62 bits per heavy atom. The van der Waals surface area contributed by atoms with Crippen LogP contribution in [0.25, 0.3) is 0 Å². The smallest absolute Gasteiger partial charge is 0.0991 e. The van der Waals surface area contributed by atoms with Crippen LogP contribution in [-0.4, -0.2) is 12.7 Å². The van der Waals surface area contributed by atoms with E-state index in [-0.39, 0.29) is 6.17 Å². The van der Waals surface area contributed by atoms with Crippen LogP contribution in [0.5, 0.6) is 0 Å². The van der Waals surface area contributed by atoms with Crippen molar-refractivity contribution in [2.75, 3.05) is 11.4 Å². The summed E-state index contributed by atoms with van der Waals surface area (Å²) < 4.78 is 0. The van der Waals surface area contributed by atoms with Gasteiger partial charge in [-0.1, -0.05) is 6.42 Å². The Morgan fingerprint density at radius 1 is 1.19 bits per heavy atom. The SMILES string of the molecule is N#Cc1ccc(N2CCCCC[C@H]2N)cc1. The van der Waals surface area contributed by atoms with Crippen molar-refractivity contribution in [2.24, 2.45) is 5.73 Å². The molecule has 3 heteroatoms. The van der Waals surface area contributed by atoms with Crippen molar-refractivity contribution in [3.8, 4) is 6.07 Å². The number of hydrogen-bond donors (Lipinski definition) is 1. The Balaban J connectivity index is 2.18. The van der Waals surface area contributed by atoms with Crippen LogP contribution in [0.3, 0.4) is 0 Å². The van der Waals surface area contributed by atoms with E-state index in [4.69, 9.17) is 11.0 Å². The summed E-state index contributed by atoms with van der Waals surface area (Å²) in [5.41, 5.74) is 7.98. The predicted octanol–water partition coefficient (Wildman–Crippen LogP) is 2.22. The number of hydrogen-bond acceptors (Lipinski definition) is 3. The molecule has 0 bridgehead atoms. The lowest BCUT2D eigenvalue weighted by atomic mass is 10.2. The monoisotopic (exact) mass is 215 g/mol. The van der Waals surface area contributed by atoms with E-state index in [1.807, 2.05) is 24.3 Å². The van der Waals surface area contributed by atoms with Crippen molar-refractivity contribution in [3.05, 3.63) is 29.8 Å². The Morgan fingerprint density at radius 2 is 1.94 bits per heavy atom. The molecule has 1 fully saturated rings. The van der Waals surface area contributed by atoms with Gasteiger partial charge in [-0.3, -0.25) is 0 Å². The molecule has 1 aromatic carbocycles. The summed E-state index contributed by atoms with van der Waals surface area (Å²) in [5.74, 6) is 0. The second kappa shape index (κ2) is 5.00. The first kappa shape index (κ1) is 11.0. The summed E-state index contributed by atoms with van der Waals surface area (Å²) in [6, 6.07) is 9.82. The predicted molar refractivity (Wildman–Crippen MR) is 64.9 cm³/mol. The van der Waals surface area contributed by atoms with Gasteiger partial charge in [-0.15, -0.1) is 0 Å². The zero-order valence-electron chi connectivity index (χ0n) is 9.39. The number of nitriles is 1. The van der Waals surface area contributed by atoms with Crippen LogP contribution in [0.1, 0.15) is 31.2 Å². The highest BCUT2D eigenvalue weighted by molar-refractivity contribution is 5.50. The minimum Gasteiger partial charge on any atom is -0.356 e. The van der Waals surface area contributed by atoms with E-state index in [9.17, 15) is 0 Å². The average Bonchev–Trinajstić information content (AvgIpc) is 2.54. The van der Waals surface area contributed by atoms with Crippen LogP contribution >= 0.6 is 0 Å². The molecule has 0 radical (unpaired) electrons. The average molecular weight is 215 g/mol. The molecule has 2 rings (SSSR count). The highest BCUT2D eigenvalue weighted by atomic mass is 15.2. The summed E-state index contributed by atoms with van der Waals surface area (Å²) >= 11 is 0. The number of benzene rings is 1. The lowest BCUT2D eigenvalue weighted by Crippen LogP contribution is -2.41. The van der Waals surface area contributed by atoms with Crippen molar-refractivity contribution in [1.29, 1.82) is 5.26 Å². The highest BCUT2D eigenvalue weighted by Crippen LogP contribution is 2.22. The Kier molecular flexibility index (Phi) is 3.43. The third-order valence-corrected chi connectivity index (χ3v) is 3.13. The van der Waals surface area contributed by atoms with Gasteiger partial charge >= 0.3 is 0 Å². The van der Waals surface area contributed by atoms with E-state index in [1.165, 1.54) is 19.3 Å². The maximum atomic E-state index is 8.75. The quantitative estimate of drug-likeness (QED) is 0.781. The molecule has 1 heterocycles. The summed E-state index contributed by atoms with van der Waals surface area (Å²) in [6.45, 7) is 1.02. The Labute approximate surface area is 96.5 Å². The molecule has 84 valence electrons. The van der Waals surface area contributed by atoms with Gasteiger partial charge in [-0.05, 0) is 43.5 Å². The van der Waals surface area contributed by atoms with Crippen LogP contribution in [0.15, 0.2) is 24.3 Å². The van der Waals surface area contributed by atoms with Crippen molar-refractivity contribution < 1.29 is 0 Å². The Bertz CT molecular complexity index is 377. The number of nitrogens with zero attached hydrogens (tertiary/aromatic N) is 2. The normalized spacial score (nSPS) is 21.2. The van der Waals surface area contributed by atoms with Gasteiger partial charge in [0.25, 0.3) is 0 Å². The lowest BCUT2D eigenvalue weighted by Gasteiger charge is -2.29. The van der Waals surface area contributed by atoms with Crippen LogP contribution in [0.2, 0.25) is 0 Å². The van der Waals surface area contributed by atoms with Crippen molar-refractivity contribution in [3.63, 3.8) is 0 Å². The molecule has 16 heavy (non-hydrogen) atoms. The van der Waals surface area contributed by atoms with Crippen molar-refractivity contribution in [2.45, 2.75) is 31.8 Å². The number of anilines is 1. The molecule has 1 aliphatic rings. The number of nitrogens with two attached hydrogens (primary N) is 1. The minimum atomic E-state index is 0.121. The summed E-state index contributed by atoms with van der Waals surface area (Å²) in [6.07, 6.45) is 4.86. The summed E-state index contributed by atoms with van der Waals surface area (Å²) in [7, 11) is 0. The first-order chi connectivity index (χ1) is 7.81. The van der Waals surface area contributed by atoms with Crippen molar-refractivity contribution in [1.82, 2.24) is 0 Å². The summed E-state index contributed by atoms with van der Waals surface area (Å²) in [5, 5.41) is 8.75. The van der Waals surface area contributed by atoms with Gasteiger partial charge in [-0.25, -0.2) is 0 Å². The molecular weight excluding hydrogens is 198 g/mol. The Hall–Kier alpha value is -1.53. The van der Waals surface area contributed by atoms with Gasteiger partial charge in [0.15, 0.2) is 0 Å². The number of rotatable bonds is 1. The molecule has 1 aromatic rings. The van der Waals surface area contributed by atoms with E-state index < -0.39 is 0 Å². The molecule has 1 saturated heterocycles. The van der Waals surface area contributed by atoms with Gasteiger partial charge < -0.3 is 10.6 Å². The van der Waals surface area contributed by atoms with Crippen LogP contribution in [-0.2, 0) is 0 Å². The fourth-order valence-corrected chi connectivity index (χ4v) is 2.18. The molecule has 0 amide bonds. The zero-order valence-corrected chi connectivity index (χ0v) is 9.39. The van der Waals surface area contributed by atoms with Gasteiger partial charge in [0, 0.05) is 12.2 Å². The summed E-state index contributed by atoms with van der Waals surface area (Å²) in [4.78, 5) is 2.24. The highest BCUT2D eigenvalue weighted by Gasteiger charge is 2.17. The molecule has 2 N–H and O–H groups in total. The first-order valence-electron chi connectivity index (χ1n) is 5.83. The van der Waals surface area contributed by atoms with Crippen LogP contribution < -0.4 is 10.6 Å². The maximum absolute atomic E-state index is 8.75. The fraction of sp³-hybridized carbons (Fsp3) is 0.462. The van der Waals surface area contributed by atoms with E-state index in [2.05, 4.69) is 11.0 Å². The molecule has 0 spiro atoms.